The summed E-state index contributed by atoms with van der Waals surface area (Å²) in [5, 5.41) is 4.45. The number of aliphatic imine (C=N–C) groups is 1. The molecule has 1 fully saturated rings. The molecule has 4 rings (SSSR count). The number of benzene rings is 1. The lowest BCUT2D eigenvalue weighted by Crippen LogP contribution is -2.34. The molecule has 0 atom stereocenters. The number of fused-ring (bicyclic) bond motifs is 1. The summed E-state index contributed by atoms with van der Waals surface area (Å²) in [6.07, 6.45) is 2.04. The van der Waals surface area contributed by atoms with Gasteiger partial charge in [-0.1, -0.05) is 0 Å². The zero-order chi connectivity index (χ0) is 22.2. The van der Waals surface area contributed by atoms with Gasteiger partial charge in [-0.25, -0.2) is 15.2 Å². The van der Waals surface area contributed by atoms with E-state index in [9.17, 15) is 17.6 Å². The Hall–Kier alpha value is -3.01. The highest BCUT2D eigenvalue weighted by molar-refractivity contribution is 5.86. The van der Waals surface area contributed by atoms with Crippen LogP contribution in [0.4, 0.5) is 29.1 Å². The molecular weight excluding hydrogens is 412 g/mol. The SMILES string of the molecule is N/C(=C1/c2cc[nH]c2N=CN1N)[C@H]1CC[C@H](CNc2ccc(F)c(C(F)(F)F)c2)CC1. The first kappa shape index (κ1) is 21.2. The number of hydrazine groups is 1. The van der Waals surface area contributed by atoms with Gasteiger partial charge in [0.25, 0.3) is 0 Å². The number of hydrogen-bond donors (Lipinski definition) is 4. The Kier molecular flexibility index (Phi) is 5.65. The minimum Gasteiger partial charge on any atom is -0.400 e. The quantitative estimate of drug-likeness (QED) is 0.417. The number of nitrogens with one attached hydrogen (secondary N) is 2. The molecule has 6 N–H and O–H groups in total. The molecule has 10 heteroatoms. The zero-order valence-corrected chi connectivity index (χ0v) is 16.7. The average molecular weight is 436 g/mol. The van der Waals surface area contributed by atoms with Crippen LogP contribution in [0.5, 0.6) is 0 Å². The van der Waals surface area contributed by atoms with Gasteiger partial charge < -0.3 is 16.0 Å². The fraction of sp³-hybridized carbons (Fsp3) is 0.381. The van der Waals surface area contributed by atoms with Gasteiger partial charge in [0.2, 0.25) is 0 Å². The van der Waals surface area contributed by atoms with E-state index in [1.54, 1.807) is 6.20 Å². The van der Waals surface area contributed by atoms with Crippen molar-refractivity contribution in [1.29, 1.82) is 0 Å². The van der Waals surface area contributed by atoms with Crippen molar-refractivity contribution in [2.24, 2.45) is 28.4 Å². The van der Waals surface area contributed by atoms with Crippen molar-refractivity contribution in [2.75, 3.05) is 11.9 Å². The molecule has 0 saturated heterocycles. The number of nitrogens with two attached hydrogens (primary N) is 2. The van der Waals surface area contributed by atoms with Crippen molar-refractivity contribution in [3.8, 4) is 0 Å². The predicted molar refractivity (Wildman–Crippen MR) is 111 cm³/mol. The van der Waals surface area contributed by atoms with Crippen LogP contribution in [0.15, 0.2) is 41.2 Å². The number of aromatic nitrogens is 1. The third kappa shape index (κ3) is 4.39. The van der Waals surface area contributed by atoms with Crippen molar-refractivity contribution < 1.29 is 17.6 Å². The summed E-state index contributed by atoms with van der Waals surface area (Å²) in [6, 6.07) is 4.88. The normalized spacial score (nSPS) is 22.9. The summed E-state index contributed by atoms with van der Waals surface area (Å²) in [5.74, 6) is 5.97. The van der Waals surface area contributed by atoms with Gasteiger partial charge in [0.1, 0.15) is 18.0 Å². The second kappa shape index (κ2) is 8.26. The molecular formula is C21H24F4N6. The maximum absolute atomic E-state index is 13.4. The monoisotopic (exact) mass is 436 g/mol. The summed E-state index contributed by atoms with van der Waals surface area (Å²) >= 11 is 0. The molecule has 0 unspecified atom stereocenters. The molecule has 1 aromatic heterocycles. The Morgan fingerprint density at radius 2 is 1.94 bits per heavy atom. The van der Waals surface area contributed by atoms with E-state index in [4.69, 9.17) is 11.6 Å². The molecule has 0 amide bonds. The van der Waals surface area contributed by atoms with E-state index < -0.39 is 17.6 Å². The van der Waals surface area contributed by atoms with Gasteiger partial charge in [-0.05, 0) is 55.9 Å². The molecule has 31 heavy (non-hydrogen) atoms. The summed E-state index contributed by atoms with van der Waals surface area (Å²) in [6.45, 7) is 0.518. The van der Waals surface area contributed by atoms with E-state index in [1.165, 1.54) is 17.4 Å². The number of rotatable bonds is 4. The lowest BCUT2D eigenvalue weighted by atomic mass is 9.79. The van der Waals surface area contributed by atoms with Gasteiger partial charge >= 0.3 is 6.18 Å². The Balaban J connectivity index is 1.37. The first-order valence-corrected chi connectivity index (χ1v) is 10.1. The molecule has 6 nitrogen and oxygen atoms in total. The molecule has 1 aliphatic heterocycles. The van der Waals surface area contributed by atoms with Gasteiger partial charge in [0.15, 0.2) is 0 Å². The van der Waals surface area contributed by atoms with Crippen molar-refractivity contribution in [1.82, 2.24) is 9.99 Å². The van der Waals surface area contributed by atoms with Gasteiger partial charge in [0.05, 0.1) is 11.3 Å². The number of allylic oxidation sites excluding steroid dienone is 1. The van der Waals surface area contributed by atoms with Gasteiger partial charge in [-0.15, -0.1) is 0 Å². The minimum absolute atomic E-state index is 0.161. The predicted octanol–water partition coefficient (Wildman–Crippen LogP) is 4.57. The topological polar surface area (TPSA) is 95.5 Å². The molecule has 2 aliphatic rings. The highest BCUT2D eigenvalue weighted by Gasteiger charge is 2.34. The summed E-state index contributed by atoms with van der Waals surface area (Å²) in [5.41, 5.74) is 7.83. The number of anilines is 1. The van der Waals surface area contributed by atoms with Crippen LogP contribution in [0.1, 0.15) is 36.8 Å². The molecule has 2 heterocycles. The maximum atomic E-state index is 13.4. The second-order valence-corrected chi connectivity index (χ2v) is 7.99. The molecule has 0 spiro atoms. The number of H-pyrrole nitrogens is 1. The third-order valence-electron chi connectivity index (χ3n) is 5.98. The molecule has 1 aromatic carbocycles. The fourth-order valence-electron chi connectivity index (χ4n) is 4.27. The smallest absolute Gasteiger partial charge is 0.400 e. The Morgan fingerprint density at radius 3 is 2.65 bits per heavy atom. The van der Waals surface area contributed by atoms with Crippen LogP contribution in [0, 0.1) is 17.7 Å². The van der Waals surface area contributed by atoms with Gasteiger partial charge in [-0.2, -0.15) is 13.2 Å². The van der Waals surface area contributed by atoms with E-state index in [2.05, 4.69) is 15.3 Å². The van der Waals surface area contributed by atoms with Gasteiger partial charge in [0, 0.05) is 35.6 Å². The molecule has 166 valence electrons. The third-order valence-corrected chi connectivity index (χ3v) is 5.98. The maximum Gasteiger partial charge on any atom is 0.419 e. The van der Waals surface area contributed by atoms with Crippen LogP contribution in [0.2, 0.25) is 0 Å². The van der Waals surface area contributed by atoms with E-state index >= 15 is 0 Å². The minimum atomic E-state index is -4.72. The van der Waals surface area contributed by atoms with Crippen molar-refractivity contribution in [2.45, 2.75) is 31.9 Å². The lowest BCUT2D eigenvalue weighted by Gasteiger charge is -2.32. The van der Waals surface area contributed by atoms with Crippen LogP contribution < -0.4 is 16.9 Å². The standard InChI is InChI=1S/C21H24F4N6/c22-17-6-5-14(9-16(17)21(23,24)25)29-10-12-1-3-13(4-2-12)18(26)19-15-7-8-28-20(15)30-11-31(19)27/h5-9,11-13,28-29H,1-4,10,26-27H2/b19-18-/t12-,13-. The first-order chi connectivity index (χ1) is 14.7. The Morgan fingerprint density at radius 1 is 1.19 bits per heavy atom. The highest BCUT2D eigenvalue weighted by Crippen LogP contribution is 2.38. The number of nitrogens with zero attached hydrogens (tertiary/aromatic N) is 2. The summed E-state index contributed by atoms with van der Waals surface area (Å²) < 4.78 is 52.1. The van der Waals surface area contributed by atoms with Crippen LogP contribution >= 0.6 is 0 Å². The highest BCUT2D eigenvalue weighted by atomic mass is 19.4. The number of hydrogen-bond acceptors (Lipinski definition) is 5. The largest absolute Gasteiger partial charge is 0.419 e. The van der Waals surface area contributed by atoms with E-state index in [0.717, 1.165) is 54.9 Å². The summed E-state index contributed by atoms with van der Waals surface area (Å²) in [4.78, 5) is 7.28. The second-order valence-electron chi connectivity index (χ2n) is 7.99. The molecule has 1 saturated carbocycles. The van der Waals surface area contributed by atoms with E-state index in [-0.39, 0.29) is 17.5 Å². The average Bonchev–Trinajstić information content (AvgIpc) is 3.21. The Bertz CT molecular complexity index is 1000. The van der Waals surface area contributed by atoms with E-state index in [0.29, 0.717) is 12.2 Å². The fourth-order valence-corrected chi connectivity index (χ4v) is 4.27. The lowest BCUT2D eigenvalue weighted by molar-refractivity contribution is -0.139. The van der Waals surface area contributed by atoms with Crippen molar-refractivity contribution in [3.63, 3.8) is 0 Å². The molecule has 1 aliphatic carbocycles. The summed E-state index contributed by atoms with van der Waals surface area (Å²) in [7, 11) is 0. The number of aromatic amines is 1. The van der Waals surface area contributed by atoms with Gasteiger partial charge in [-0.3, -0.25) is 5.01 Å². The van der Waals surface area contributed by atoms with Crippen LogP contribution in [-0.2, 0) is 6.18 Å². The zero-order valence-electron chi connectivity index (χ0n) is 16.7. The van der Waals surface area contributed by atoms with Crippen LogP contribution in [-0.4, -0.2) is 22.9 Å². The van der Waals surface area contributed by atoms with Crippen molar-refractivity contribution in [3.05, 3.63) is 53.1 Å². The first-order valence-electron chi connectivity index (χ1n) is 10.1. The molecule has 0 bridgehead atoms. The Labute approximate surface area is 177 Å². The van der Waals surface area contributed by atoms with Crippen LogP contribution in [0.3, 0.4) is 0 Å². The number of halogens is 4. The molecule has 0 radical (unpaired) electrons. The molecule has 2 aromatic rings. The van der Waals surface area contributed by atoms with Crippen molar-refractivity contribution >= 4 is 23.5 Å². The van der Waals surface area contributed by atoms with Crippen LogP contribution in [0.25, 0.3) is 5.70 Å². The van der Waals surface area contributed by atoms with E-state index in [1.807, 2.05) is 6.07 Å². The number of alkyl halides is 3.